The normalized spacial score (nSPS) is 24.9. The number of rotatable bonds is 39. The molecule has 21 nitrogen and oxygen atoms in total. The molecule has 24 heteroatoms. The first-order valence-electron chi connectivity index (χ1n) is 44.5. The molecule has 0 aromatic carbocycles. The fraction of sp³-hybridized carbons (Fsp3) is 0.826. The zero-order chi connectivity index (χ0) is 87.0. The Morgan fingerprint density at radius 3 is 0.879 bits per heavy atom. The van der Waals surface area contributed by atoms with Crippen LogP contribution in [-0.4, -0.2) is 336 Å². The van der Waals surface area contributed by atoms with Crippen molar-refractivity contribution in [1.29, 1.82) is 0 Å². The maximum absolute atomic E-state index is 14.2. The minimum Gasteiger partial charge on any atom is -0.370 e. The molecule has 6 rings (SSSR count). The van der Waals surface area contributed by atoms with Crippen LogP contribution in [0.1, 0.15) is 223 Å². The molecule has 6 aliphatic heterocycles. The van der Waals surface area contributed by atoms with Crippen molar-refractivity contribution in [2.45, 2.75) is 277 Å². The SMILES string of the molecule is CC(C)=CCC/C(C)=C/CC/C(C)=C/CN1CCN(P(=O)(COCC2CN(C(C)(C)C)CC(C)O2)N(C)C)CC1.CC(C)=CCC/C(C)=C/CC/C(C)=C/C[N+]1(C)CCN(P(=O)(COCC2CN(C(C)(C)C)CC(C)O2)N(C)C)CC1.CC(C)=CCC/C(C)=C/CN1CCN(P(=O)(COCC2CN(C(C)(C)C)CC(C)O2)N(C)C)CC1. The zero-order valence-corrected chi connectivity index (χ0v) is 82.8. The number of likely N-dealkylation sites (N-methyl/N-ethyl adjacent to an activating group) is 1. The number of hydrogen-bond acceptors (Lipinski definition) is 14. The molecule has 0 N–H and O–H groups in total. The van der Waals surface area contributed by atoms with E-state index in [-0.39, 0.29) is 72.3 Å². The highest BCUT2D eigenvalue weighted by molar-refractivity contribution is 7.59. The largest absolute Gasteiger partial charge is 0.370 e. The minimum atomic E-state index is -2.79. The van der Waals surface area contributed by atoms with Crippen molar-refractivity contribution in [1.82, 2.24) is 52.5 Å². The zero-order valence-electron chi connectivity index (χ0n) is 80.1. The second-order valence-electron chi connectivity index (χ2n) is 39.5. The minimum absolute atomic E-state index is 0.00631. The molecule has 0 aliphatic carbocycles. The second-order valence-corrected chi connectivity index (χ2v) is 48.3. The third-order valence-electron chi connectivity index (χ3n) is 23.8. The van der Waals surface area contributed by atoms with Gasteiger partial charge in [0.15, 0.2) is 0 Å². The van der Waals surface area contributed by atoms with Crippen molar-refractivity contribution in [3.63, 3.8) is 0 Å². The van der Waals surface area contributed by atoms with E-state index in [4.69, 9.17) is 28.4 Å². The highest BCUT2D eigenvalue weighted by Gasteiger charge is 2.43. The molecule has 0 saturated carbocycles. The van der Waals surface area contributed by atoms with Gasteiger partial charge in [-0.15, -0.1) is 0 Å². The van der Waals surface area contributed by atoms with Gasteiger partial charge < -0.3 is 32.9 Å². The standard InChI is InChI=1S/C33H64N4O3P.C32H61N4O3P.C27H53N4O3P/c1-28(2)14-12-15-29(3)16-13-17-30(4)18-21-37(11)22-19-36(20-23-37)41(38,34(9)10)27-39-26-32-25-35(33(6,7)8)24-31(5)40-32;1-27(2)13-11-14-28(3)15-12-16-29(4)17-18-34-19-21-36(22-20-34)40(37,33(9)10)26-38-25-31-24-35(32(6,7)8)23-30(5)39-31;1-23(2)11-10-12-24(3)13-14-29-15-17-31(18-16-29)35(32,28(8)9)22-33-21-26-20-30(27(5,6)7)19-25(4)34-26/h14,16,18,31-32H,12-13,15,17,19-27H2,1-11H3;13,15,17,30-31H,11-12,14,16,18-26H2,1-10H3;11,13,25-26H,10,12,14-22H2,1-9H3/q+1;;/b29-16+,30-18+;28-15+,29-17+;24-13+. The number of quaternary nitrogens is 1. The van der Waals surface area contributed by atoms with Crippen LogP contribution in [0.25, 0.3) is 0 Å². The number of morpholine rings is 3. The average molecular weight is 1690 g/mol. The Balaban J connectivity index is 0.000000367. The van der Waals surface area contributed by atoms with Gasteiger partial charge in [-0.25, -0.2) is 28.0 Å². The van der Waals surface area contributed by atoms with Crippen LogP contribution in [0.4, 0.5) is 0 Å². The van der Waals surface area contributed by atoms with E-state index in [1.807, 2.05) is 56.3 Å². The highest BCUT2D eigenvalue weighted by Crippen LogP contribution is 2.54. The lowest BCUT2D eigenvalue weighted by atomic mass is 10.0. The molecular formula is C92H178N12O9P3+. The summed E-state index contributed by atoms with van der Waals surface area (Å²) >= 11 is 0. The van der Waals surface area contributed by atoms with Gasteiger partial charge >= 0.3 is 0 Å². The first-order chi connectivity index (χ1) is 54.0. The van der Waals surface area contributed by atoms with E-state index in [0.29, 0.717) is 19.8 Å². The average Bonchev–Trinajstić information content (AvgIpc) is 0.801. The molecule has 674 valence electrons. The van der Waals surface area contributed by atoms with Crippen LogP contribution >= 0.6 is 22.3 Å². The van der Waals surface area contributed by atoms with Gasteiger partial charge in [-0.3, -0.25) is 38.2 Å². The first-order valence-corrected chi connectivity index (χ1v) is 49.9. The van der Waals surface area contributed by atoms with Crippen LogP contribution in [0.2, 0.25) is 0 Å². The Bertz CT molecular complexity index is 3260. The van der Waals surface area contributed by atoms with Crippen LogP contribution in [0.5, 0.6) is 0 Å². The molecule has 0 amide bonds. The summed E-state index contributed by atoms with van der Waals surface area (Å²) in [6.45, 7) is 71.1. The summed E-state index contributed by atoms with van der Waals surface area (Å²) in [4.78, 5) is 12.3. The number of piperazine rings is 3. The van der Waals surface area contributed by atoms with Crippen molar-refractivity contribution in [3.8, 4) is 0 Å². The van der Waals surface area contributed by atoms with E-state index in [0.717, 1.165) is 206 Å². The highest BCUT2D eigenvalue weighted by atomic mass is 31.2. The van der Waals surface area contributed by atoms with Crippen LogP contribution in [0.3, 0.4) is 0 Å². The van der Waals surface area contributed by atoms with Crippen LogP contribution in [0, 0.1) is 0 Å². The maximum atomic E-state index is 14.2. The van der Waals surface area contributed by atoms with Gasteiger partial charge in [-0.2, -0.15) is 0 Å². The summed E-state index contributed by atoms with van der Waals surface area (Å²) in [6.07, 6.45) is 31.5. The molecule has 6 fully saturated rings. The van der Waals surface area contributed by atoms with Gasteiger partial charge in [-0.1, -0.05) is 87.1 Å². The molecule has 0 aromatic heterocycles. The predicted molar refractivity (Wildman–Crippen MR) is 495 cm³/mol. The number of ether oxygens (including phenoxy) is 6. The lowest BCUT2D eigenvalue weighted by Gasteiger charge is -2.45. The topological polar surface area (TPSA) is 142 Å². The molecule has 6 saturated heterocycles. The van der Waals surface area contributed by atoms with E-state index < -0.39 is 22.3 Å². The quantitative estimate of drug-likeness (QED) is 0.0327. The summed E-state index contributed by atoms with van der Waals surface area (Å²) in [5.74, 6) is 0. The van der Waals surface area contributed by atoms with E-state index in [9.17, 15) is 13.7 Å². The van der Waals surface area contributed by atoms with E-state index in [1.54, 1.807) is 0 Å². The van der Waals surface area contributed by atoms with Crippen LogP contribution < -0.4 is 0 Å². The molecule has 6 aliphatic rings. The van der Waals surface area contributed by atoms with Crippen molar-refractivity contribution in [3.05, 3.63) is 93.2 Å². The molecule has 116 heavy (non-hydrogen) atoms. The lowest BCUT2D eigenvalue weighted by molar-refractivity contribution is -0.907. The Hall–Kier alpha value is -2.11. The second kappa shape index (κ2) is 51.4. The number of hydrogen-bond donors (Lipinski definition) is 0. The third-order valence-corrected chi connectivity index (χ3v) is 33.0. The molecule has 0 radical (unpaired) electrons. The predicted octanol–water partition coefficient (Wildman–Crippen LogP) is 18.3. The van der Waals surface area contributed by atoms with Gasteiger partial charge in [0.25, 0.3) is 0 Å². The Kier molecular flexibility index (Phi) is 47.0. The first kappa shape index (κ1) is 106. The molecular weight excluding hydrogens is 1510 g/mol. The molecule has 0 spiro atoms. The van der Waals surface area contributed by atoms with Gasteiger partial charge in [0.05, 0.1) is 96.2 Å². The Morgan fingerprint density at radius 1 is 0.371 bits per heavy atom. The molecule has 0 bridgehead atoms. The van der Waals surface area contributed by atoms with Gasteiger partial charge in [0.2, 0.25) is 22.3 Å². The maximum Gasteiger partial charge on any atom is 0.241 e. The smallest absolute Gasteiger partial charge is 0.241 e. The third kappa shape index (κ3) is 39.4. The van der Waals surface area contributed by atoms with Crippen molar-refractivity contribution >= 4 is 22.3 Å². The Labute approximate surface area is 713 Å². The van der Waals surface area contributed by atoms with Crippen molar-refractivity contribution in [2.24, 2.45) is 0 Å². The fourth-order valence-corrected chi connectivity index (χ4v) is 21.7. The van der Waals surface area contributed by atoms with Gasteiger partial charge in [0.1, 0.15) is 19.0 Å². The lowest BCUT2D eigenvalue weighted by Crippen LogP contribution is -2.57. The monoisotopic (exact) mass is 1690 g/mol. The molecule has 9 atom stereocenters. The van der Waals surface area contributed by atoms with Crippen LogP contribution in [0.15, 0.2) is 93.2 Å². The number of nitrogens with zero attached hydrogens (tertiary/aromatic N) is 12. The fourth-order valence-electron chi connectivity index (χ4n) is 15.5. The Morgan fingerprint density at radius 2 is 0.621 bits per heavy atom. The van der Waals surface area contributed by atoms with Gasteiger partial charge in [-0.05, 0) is 272 Å². The molecule has 6 heterocycles. The summed E-state index contributed by atoms with van der Waals surface area (Å²) in [5, 5.41) is 0. The summed E-state index contributed by atoms with van der Waals surface area (Å²) in [6, 6.07) is 0. The molecule has 9 unspecified atom stereocenters. The van der Waals surface area contributed by atoms with Crippen molar-refractivity contribution in [2.75, 3.05) is 226 Å². The summed E-state index contributed by atoms with van der Waals surface area (Å²) in [7, 11) is 5.53. The van der Waals surface area contributed by atoms with E-state index in [1.165, 1.54) is 44.6 Å². The van der Waals surface area contributed by atoms with Crippen molar-refractivity contribution < 1.29 is 46.6 Å². The van der Waals surface area contributed by atoms with E-state index >= 15 is 0 Å². The van der Waals surface area contributed by atoms with Crippen LogP contribution in [-0.2, 0) is 42.1 Å². The van der Waals surface area contributed by atoms with E-state index in [2.05, 4.69) is 253 Å². The summed E-state index contributed by atoms with van der Waals surface area (Å²) < 4.78 is 92.2. The molecule has 0 aromatic rings. The summed E-state index contributed by atoms with van der Waals surface area (Å²) in [5.41, 5.74) is 11.8. The number of allylic oxidation sites excluding steroid dienone is 13. The van der Waals surface area contributed by atoms with Gasteiger partial charge in [0, 0.05) is 121 Å².